The molecule has 1 unspecified atom stereocenters. The second-order valence-corrected chi connectivity index (χ2v) is 6.03. The van der Waals surface area contributed by atoms with Gasteiger partial charge in [0.05, 0.1) is 17.1 Å². The molecule has 0 aliphatic heterocycles. The smallest absolute Gasteiger partial charge is 0.261 e. The third-order valence-corrected chi connectivity index (χ3v) is 4.58. The van der Waals surface area contributed by atoms with Crippen LogP contribution in [-0.4, -0.2) is 16.1 Å². The maximum absolute atomic E-state index is 12.3. The minimum absolute atomic E-state index is 0.000697. The Morgan fingerprint density at radius 2 is 2.30 bits per heavy atom. The average Bonchev–Trinajstić information content (AvgIpc) is 3.08. The first-order valence-electron chi connectivity index (χ1n) is 7.06. The van der Waals surface area contributed by atoms with Crippen LogP contribution in [-0.2, 0) is 12.8 Å². The Balaban J connectivity index is 2.09. The zero-order valence-electron chi connectivity index (χ0n) is 12.2. The molecular weight excluding hydrogens is 270 g/mol. The number of hydrogen-bond donors (Lipinski definition) is 2. The van der Waals surface area contributed by atoms with Crippen molar-refractivity contribution in [1.29, 1.82) is 0 Å². The number of H-pyrrole nitrogens is 1. The van der Waals surface area contributed by atoms with Gasteiger partial charge in [0.15, 0.2) is 0 Å². The van der Waals surface area contributed by atoms with E-state index >= 15 is 0 Å². The fourth-order valence-corrected chi connectivity index (χ4v) is 3.42. The van der Waals surface area contributed by atoms with E-state index in [1.54, 1.807) is 23.7 Å². The van der Waals surface area contributed by atoms with E-state index in [-0.39, 0.29) is 11.9 Å². The van der Waals surface area contributed by atoms with Gasteiger partial charge in [-0.1, -0.05) is 20.3 Å². The zero-order valence-corrected chi connectivity index (χ0v) is 13.0. The van der Waals surface area contributed by atoms with Crippen LogP contribution in [0.15, 0.2) is 18.5 Å². The fourth-order valence-electron chi connectivity index (χ4n) is 2.17. The molecule has 0 bridgehead atoms. The number of thiophene rings is 1. The standard InChI is InChI=1S/C15H21N3OS/c1-4-6-13-11(5-2)7-14(20-13)15(19)18-10(3)12-8-16-17-9-12/h7-10H,4-6H2,1-3H3,(H,16,17)(H,18,19). The predicted octanol–water partition coefficient (Wildman–Crippen LogP) is 3.48. The summed E-state index contributed by atoms with van der Waals surface area (Å²) < 4.78 is 0. The van der Waals surface area contributed by atoms with Crippen LogP contribution in [0.2, 0.25) is 0 Å². The molecule has 108 valence electrons. The second kappa shape index (κ2) is 6.70. The molecule has 4 nitrogen and oxygen atoms in total. The van der Waals surface area contributed by atoms with Gasteiger partial charge in [-0.05, 0) is 31.4 Å². The van der Waals surface area contributed by atoms with E-state index in [2.05, 4.69) is 29.4 Å². The van der Waals surface area contributed by atoms with Crippen LogP contribution >= 0.6 is 11.3 Å². The van der Waals surface area contributed by atoms with Crippen LogP contribution in [0, 0.1) is 0 Å². The van der Waals surface area contributed by atoms with Crippen molar-refractivity contribution in [2.75, 3.05) is 0 Å². The van der Waals surface area contributed by atoms with E-state index in [0.717, 1.165) is 29.7 Å². The van der Waals surface area contributed by atoms with Crippen molar-refractivity contribution in [3.8, 4) is 0 Å². The number of nitrogens with one attached hydrogen (secondary N) is 2. The van der Waals surface area contributed by atoms with E-state index in [4.69, 9.17) is 0 Å². The number of nitrogens with zero attached hydrogens (tertiary/aromatic N) is 1. The summed E-state index contributed by atoms with van der Waals surface area (Å²) in [5.41, 5.74) is 2.29. The molecule has 0 aliphatic rings. The minimum Gasteiger partial charge on any atom is -0.345 e. The molecule has 0 spiro atoms. The Labute approximate surface area is 123 Å². The molecule has 2 aromatic rings. The summed E-state index contributed by atoms with van der Waals surface area (Å²) in [7, 11) is 0. The molecule has 2 N–H and O–H groups in total. The number of rotatable bonds is 6. The first kappa shape index (κ1) is 14.8. The van der Waals surface area contributed by atoms with Crippen molar-refractivity contribution >= 4 is 17.2 Å². The van der Waals surface area contributed by atoms with Crippen LogP contribution in [0.4, 0.5) is 0 Å². The highest BCUT2D eigenvalue weighted by molar-refractivity contribution is 7.14. The lowest BCUT2D eigenvalue weighted by molar-refractivity contribution is 0.0944. The van der Waals surface area contributed by atoms with E-state index in [0.29, 0.717) is 0 Å². The fraction of sp³-hybridized carbons (Fsp3) is 0.467. The van der Waals surface area contributed by atoms with Crippen molar-refractivity contribution in [3.05, 3.63) is 39.3 Å². The highest BCUT2D eigenvalue weighted by Crippen LogP contribution is 2.25. The summed E-state index contributed by atoms with van der Waals surface area (Å²) in [6.45, 7) is 6.26. The Morgan fingerprint density at radius 3 is 2.90 bits per heavy atom. The third kappa shape index (κ3) is 3.28. The number of hydrogen-bond acceptors (Lipinski definition) is 3. The van der Waals surface area contributed by atoms with Crippen LogP contribution in [0.5, 0.6) is 0 Å². The molecular formula is C15H21N3OS. The molecule has 1 atom stereocenters. The van der Waals surface area contributed by atoms with Gasteiger partial charge in [-0.2, -0.15) is 5.10 Å². The first-order valence-corrected chi connectivity index (χ1v) is 7.88. The van der Waals surface area contributed by atoms with Gasteiger partial charge in [-0.3, -0.25) is 9.89 Å². The Bertz CT molecular complexity index is 560. The van der Waals surface area contributed by atoms with Gasteiger partial charge in [0.1, 0.15) is 0 Å². The highest BCUT2D eigenvalue weighted by Gasteiger charge is 2.16. The van der Waals surface area contributed by atoms with Gasteiger partial charge >= 0.3 is 0 Å². The highest BCUT2D eigenvalue weighted by atomic mass is 32.1. The molecule has 0 saturated carbocycles. The first-order chi connectivity index (χ1) is 9.65. The molecule has 0 aliphatic carbocycles. The third-order valence-electron chi connectivity index (χ3n) is 3.35. The van der Waals surface area contributed by atoms with Gasteiger partial charge in [0, 0.05) is 16.6 Å². The maximum atomic E-state index is 12.3. The van der Waals surface area contributed by atoms with E-state index in [9.17, 15) is 4.79 Å². The monoisotopic (exact) mass is 291 g/mol. The Kier molecular flexibility index (Phi) is 4.95. The lowest BCUT2D eigenvalue weighted by atomic mass is 10.1. The lowest BCUT2D eigenvalue weighted by Gasteiger charge is -2.10. The molecule has 2 aromatic heterocycles. The predicted molar refractivity (Wildman–Crippen MR) is 82.2 cm³/mol. The van der Waals surface area contributed by atoms with Crippen molar-refractivity contribution in [1.82, 2.24) is 15.5 Å². The summed E-state index contributed by atoms with van der Waals surface area (Å²) in [6.07, 6.45) is 6.69. The van der Waals surface area contributed by atoms with Crippen molar-refractivity contribution in [3.63, 3.8) is 0 Å². The number of aryl methyl sites for hydroxylation is 2. The van der Waals surface area contributed by atoms with Gasteiger partial charge < -0.3 is 5.32 Å². The van der Waals surface area contributed by atoms with Crippen molar-refractivity contribution < 1.29 is 4.79 Å². The summed E-state index contributed by atoms with van der Waals surface area (Å²) in [5.74, 6) is 0.000697. The molecule has 1 amide bonds. The number of aromatic amines is 1. The van der Waals surface area contributed by atoms with Gasteiger partial charge in [-0.15, -0.1) is 11.3 Å². The molecule has 5 heteroatoms. The molecule has 2 rings (SSSR count). The molecule has 0 saturated heterocycles. The largest absolute Gasteiger partial charge is 0.345 e. The lowest BCUT2D eigenvalue weighted by Crippen LogP contribution is -2.25. The topological polar surface area (TPSA) is 57.8 Å². The van der Waals surface area contributed by atoms with Crippen LogP contribution < -0.4 is 5.32 Å². The number of aromatic nitrogens is 2. The summed E-state index contributed by atoms with van der Waals surface area (Å²) >= 11 is 1.62. The van der Waals surface area contributed by atoms with Gasteiger partial charge in [0.25, 0.3) is 5.91 Å². The summed E-state index contributed by atoms with van der Waals surface area (Å²) in [5, 5.41) is 9.69. The van der Waals surface area contributed by atoms with E-state index in [1.165, 1.54) is 10.4 Å². The van der Waals surface area contributed by atoms with E-state index in [1.807, 2.05) is 13.0 Å². The van der Waals surface area contributed by atoms with Gasteiger partial charge in [0.2, 0.25) is 0 Å². The molecule has 0 aromatic carbocycles. The maximum Gasteiger partial charge on any atom is 0.261 e. The average molecular weight is 291 g/mol. The van der Waals surface area contributed by atoms with Crippen LogP contribution in [0.3, 0.4) is 0 Å². The molecule has 0 radical (unpaired) electrons. The minimum atomic E-state index is -0.0388. The Morgan fingerprint density at radius 1 is 1.50 bits per heavy atom. The van der Waals surface area contributed by atoms with Crippen LogP contribution in [0.25, 0.3) is 0 Å². The van der Waals surface area contributed by atoms with Crippen molar-refractivity contribution in [2.45, 2.75) is 46.1 Å². The SMILES string of the molecule is CCCc1sc(C(=O)NC(C)c2cn[nH]c2)cc1CC. The Hall–Kier alpha value is -1.62. The number of carbonyl (C=O) groups is 1. The van der Waals surface area contributed by atoms with E-state index < -0.39 is 0 Å². The number of amides is 1. The quantitative estimate of drug-likeness (QED) is 0.856. The normalized spacial score (nSPS) is 12.3. The summed E-state index contributed by atoms with van der Waals surface area (Å²) in [4.78, 5) is 14.5. The zero-order chi connectivity index (χ0) is 14.5. The molecule has 20 heavy (non-hydrogen) atoms. The molecule has 0 fully saturated rings. The number of carbonyl (C=O) groups excluding carboxylic acids is 1. The van der Waals surface area contributed by atoms with Crippen molar-refractivity contribution in [2.24, 2.45) is 0 Å². The van der Waals surface area contributed by atoms with Gasteiger partial charge in [-0.25, -0.2) is 0 Å². The molecule has 2 heterocycles. The second-order valence-electron chi connectivity index (χ2n) is 4.89. The van der Waals surface area contributed by atoms with Crippen LogP contribution in [0.1, 0.15) is 58.9 Å². The summed E-state index contributed by atoms with van der Waals surface area (Å²) in [6, 6.07) is 2.00.